The summed E-state index contributed by atoms with van der Waals surface area (Å²) in [4.78, 5) is 0. The van der Waals surface area contributed by atoms with Crippen LogP contribution in [0.5, 0.6) is 0 Å². The molecule has 82 valence electrons. The molecule has 0 spiro atoms. The molecular weight excluding hydrogens is 184 g/mol. The maximum Gasteiger partial charge on any atom is 0.115 e. The molecule has 0 aliphatic carbocycles. The second-order valence-corrected chi connectivity index (χ2v) is 3.58. The molecule has 0 saturated carbocycles. The fraction of sp³-hybridized carbons (Fsp3) is 1.00. The third-order valence-corrected chi connectivity index (χ3v) is 2.72. The topological polar surface area (TPSA) is 36.9 Å². The Morgan fingerprint density at radius 3 is 1.71 bits per heavy atom. The van der Waals surface area contributed by atoms with Gasteiger partial charge in [0.1, 0.15) is 24.4 Å². The lowest BCUT2D eigenvalue weighted by molar-refractivity contribution is -0.0457. The first-order valence-corrected chi connectivity index (χ1v) is 5.33. The molecule has 2 aliphatic heterocycles. The average molecular weight is 202 g/mol. The van der Waals surface area contributed by atoms with Crippen molar-refractivity contribution in [3.63, 3.8) is 0 Å². The van der Waals surface area contributed by atoms with E-state index in [4.69, 9.17) is 18.9 Å². The Kier molecular flexibility index (Phi) is 3.38. The van der Waals surface area contributed by atoms with Crippen LogP contribution in [0.2, 0.25) is 0 Å². The van der Waals surface area contributed by atoms with Gasteiger partial charge in [-0.2, -0.15) is 0 Å². The van der Waals surface area contributed by atoms with E-state index in [-0.39, 0.29) is 24.4 Å². The maximum absolute atomic E-state index is 5.63. The van der Waals surface area contributed by atoms with Gasteiger partial charge in [-0.05, 0) is 13.8 Å². The van der Waals surface area contributed by atoms with E-state index in [2.05, 4.69) is 0 Å². The van der Waals surface area contributed by atoms with Crippen LogP contribution < -0.4 is 0 Å². The lowest BCUT2D eigenvalue weighted by Gasteiger charge is -2.16. The van der Waals surface area contributed by atoms with Crippen molar-refractivity contribution in [1.82, 2.24) is 0 Å². The van der Waals surface area contributed by atoms with Gasteiger partial charge in [-0.1, -0.05) is 0 Å². The van der Waals surface area contributed by atoms with E-state index in [0.717, 1.165) is 0 Å². The Hall–Kier alpha value is -0.160. The van der Waals surface area contributed by atoms with Gasteiger partial charge >= 0.3 is 0 Å². The molecule has 2 heterocycles. The summed E-state index contributed by atoms with van der Waals surface area (Å²) < 4.78 is 22.3. The number of hydrogen-bond donors (Lipinski definition) is 0. The summed E-state index contributed by atoms with van der Waals surface area (Å²) in [5.41, 5.74) is 0. The van der Waals surface area contributed by atoms with E-state index in [9.17, 15) is 0 Å². The Morgan fingerprint density at radius 1 is 0.929 bits per heavy atom. The third kappa shape index (κ3) is 1.80. The van der Waals surface area contributed by atoms with Crippen LogP contribution in [0.4, 0.5) is 0 Å². The fourth-order valence-electron chi connectivity index (χ4n) is 2.14. The Bertz CT molecular complexity index is 165. The summed E-state index contributed by atoms with van der Waals surface area (Å²) in [6, 6.07) is 0. The summed E-state index contributed by atoms with van der Waals surface area (Å²) in [7, 11) is 0. The van der Waals surface area contributed by atoms with Crippen molar-refractivity contribution in [1.29, 1.82) is 0 Å². The molecule has 4 heteroatoms. The Balaban J connectivity index is 1.90. The molecule has 0 amide bonds. The number of rotatable bonds is 4. The molecule has 0 aromatic carbocycles. The predicted octanol–water partition coefficient (Wildman–Crippen LogP) is 0.594. The summed E-state index contributed by atoms with van der Waals surface area (Å²) in [5, 5.41) is 0. The van der Waals surface area contributed by atoms with Crippen LogP contribution in [0.15, 0.2) is 0 Å². The highest BCUT2D eigenvalue weighted by Crippen LogP contribution is 2.30. The van der Waals surface area contributed by atoms with Crippen molar-refractivity contribution >= 4 is 0 Å². The molecule has 4 nitrogen and oxygen atoms in total. The molecule has 0 radical (unpaired) electrons. The van der Waals surface area contributed by atoms with Crippen molar-refractivity contribution in [3.8, 4) is 0 Å². The van der Waals surface area contributed by atoms with Crippen LogP contribution in [0.1, 0.15) is 13.8 Å². The standard InChI is InChI=1S/C10H18O4/c1-3-11-7-5-13-10-8(12-4-2)6-14-9(7)10/h7-10H,3-6H2,1-2H3/t7-,8-,9+,10+/m0/s1. The first kappa shape index (κ1) is 10.4. The molecule has 2 fully saturated rings. The normalized spacial score (nSPS) is 41.6. The molecule has 2 saturated heterocycles. The minimum Gasteiger partial charge on any atom is -0.373 e. The van der Waals surface area contributed by atoms with Crippen molar-refractivity contribution < 1.29 is 18.9 Å². The zero-order valence-electron chi connectivity index (χ0n) is 8.77. The maximum atomic E-state index is 5.63. The zero-order valence-corrected chi connectivity index (χ0v) is 8.77. The highest BCUT2D eigenvalue weighted by atomic mass is 16.6. The van der Waals surface area contributed by atoms with E-state index >= 15 is 0 Å². The van der Waals surface area contributed by atoms with E-state index in [1.54, 1.807) is 0 Å². The van der Waals surface area contributed by atoms with Crippen LogP contribution >= 0.6 is 0 Å². The number of hydrogen-bond acceptors (Lipinski definition) is 4. The SMILES string of the molecule is CCO[C@H]1CO[C@H]2[C@@H]1OC[C@@H]2OCC. The molecular formula is C10H18O4. The van der Waals surface area contributed by atoms with Crippen LogP contribution in [0.3, 0.4) is 0 Å². The molecule has 0 aromatic heterocycles. The minimum absolute atomic E-state index is 0.0755. The summed E-state index contributed by atoms with van der Waals surface area (Å²) in [6.45, 7) is 6.66. The van der Waals surface area contributed by atoms with E-state index in [1.807, 2.05) is 13.8 Å². The van der Waals surface area contributed by atoms with Gasteiger partial charge in [0.05, 0.1) is 13.2 Å². The molecule has 4 atom stereocenters. The van der Waals surface area contributed by atoms with Crippen molar-refractivity contribution in [2.24, 2.45) is 0 Å². The fourth-order valence-corrected chi connectivity index (χ4v) is 2.14. The molecule has 0 aromatic rings. The molecule has 14 heavy (non-hydrogen) atoms. The number of ether oxygens (including phenoxy) is 4. The second kappa shape index (κ2) is 4.57. The van der Waals surface area contributed by atoms with Crippen molar-refractivity contribution in [2.45, 2.75) is 38.3 Å². The minimum atomic E-state index is 0.0755. The van der Waals surface area contributed by atoms with Gasteiger partial charge in [0.15, 0.2) is 0 Å². The van der Waals surface area contributed by atoms with Crippen LogP contribution in [0.25, 0.3) is 0 Å². The van der Waals surface area contributed by atoms with Crippen LogP contribution in [0, 0.1) is 0 Å². The van der Waals surface area contributed by atoms with E-state index in [0.29, 0.717) is 26.4 Å². The zero-order chi connectivity index (χ0) is 9.97. The van der Waals surface area contributed by atoms with Gasteiger partial charge in [-0.3, -0.25) is 0 Å². The average Bonchev–Trinajstić information content (AvgIpc) is 2.72. The van der Waals surface area contributed by atoms with E-state index < -0.39 is 0 Å². The van der Waals surface area contributed by atoms with Gasteiger partial charge in [0.25, 0.3) is 0 Å². The predicted molar refractivity (Wildman–Crippen MR) is 50.3 cm³/mol. The highest BCUT2D eigenvalue weighted by molar-refractivity contribution is 4.95. The molecule has 2 rings (SSSR count). The van der Waals surface area contributed by atoms with Gasteiger partial charge in [0, 0.05) is 13.2 Å². The first-order valence-electron chi connectivity index (χ1n) is 5.33. The summed E-state index contributed by atoms with van der Waals surface area (Å²) >= 11 is 0. The number of fused-ring (bicyclic) bond motifs is 1. The van der Waals surface area contributed by atoms with Gasteiger partial charge in [0.2, 0.25) is 0 Å². The monoisotopic (exact) mass is 202 g/mol. The first-order chi connectivity index (χ1) is 6.86. The van der Waals surface area contributed by atoms with Crippen molar-refractivity contribution in [2.75, 3.05) is 26.4 Å². The van der Waals surface area contributed by atoms with Crippen molar-refractivity contribution in [3.05, 3.63) is 0 Å². The second-order valence-electron chi connectivity index (χ2n) is 3.58. The van der Waals surface area contributed by atoms with Gasteiger partial charge < -0.3 is 18.9 Å². The molecule has 2 aliphatic rings. The van der Waals surface area contributed by atoms with Crippen LogP contribution in [-0.2, 0) is 18.9 Å². The van der Waals surface area contributed by atoms with Gasteiger partial charge in [-0.25, -0.2) is 0 Å². The Morgan fingerprint density at radius 2 is 1.36 bits per heavy atom. The quantitative estimate of drug-likeness (QED) is 0.668. The molecule has 0 N–H and O–H groups in total. The van der Waals surface area contributed by atoms with Gasteiger partial charge in [-0.15, -0.1) is 0 Å². The Labute approximate surface area is 84.5 Å². The highest BCUT2D eigenvalue weighted by Gasteiger charge is 2.48. The van der Waals surface area contributed by atoms with E-state index in [1.165, 1.54) is 0 Å². The smallest absolute Gasteiger partial charge is 0.115 e. The molecule has 0 unspecified atom stereocenters. The lowest BCUT2D eigenvalue weighted by Crippen LogP contribution is -2.34. The lowest BCUT2D eigenvalue weighted by atomic mass is 10.1. The third-order valence-electron chi connectivity index (χ3n) is 2.72. The largest absolute Gasteiger partial charge is 0.373 e. The van der Waals surface area contributed by atoms with Crippen LogP contribution in [-0.4, -0.2) is 50.8 Å². The summed E-state index contributed by atoms with van der Waals surface area (Å²) in [6.07, 6.45) is 0.337. The summed E-state index contributed by atoms with van der Waals surface area (Å²) in [5.74, 6) is 0. The molecule has 0 bridgehead atoms.